The highest BCUT2D eigenvalue weighted by molar-refractivity contribution is 6.11. The van der Waals surface area contributed by atoms with Crippen LogP contribution < -0.4 is 0 Å². The predicted molar refractivity (Wildman–Crippen MR) is 74.7 cm³/mol. The van der Waals surface area contributed by atoms with Crippen LogP contribution in [-0.4, -0.2) is 24.8 Å². The van der Waals surface area contributed by atoms with E-state index in [0.717, 1.165) is 11.1 Å². The van der Waals surface area contributed by atoms with E-state index in [9.17, 15) is 4.79 Å². The average molecular weight is 264 g/mol. The lowest BCUT2D eigenvalue weighted by molar-refractivity contribution is -0.117. The molecule has 106 valence electrons. The second-order valence-corrected chi connectivity index (χ2v) is 7.36. The Labute approximate surface area is 115 Å². The number of allylic oxidation sites excluding steroid dienone is 2. The number of rotatable bonds is 0. The first-order chi connectivity index (χ1) is 8.55. The van der Waals surface area contributed by atoms with Gasteiger partial charge in [-0.3, -0.25) is 4.79 Å². The third kappa shape index (κ3) is 2.67. The largest absolute Gasteiger partial charge is 0.341 e. The third-order valence-electron chi connectivity index (χ3n) is 3.53. The molecule has 1 aliphatic heterocycles. The maximum Gasteiger partial charge on any atom is 0.209 e. The molecule has 2 rings (SSSR count). The second-order valence-electron chi connectivity index (χ2n) is 7.36. The van der Waals surface area contributed by atoms with Crippen LogP contribution in [0.1, 0.15) is 41.5 Å². The Morgan fingerprint density at radius 2 is 1.26 bits per heavy atom. The minimum absolute atomic E-state index is 0.115. The van der Waals surface area contributed by atoms with Crippen molar-refractivity contribution in [3.8, 4) is 0 Å². The highest BCUT2D eigenvalue weighted by atomic mass is 16.7. The summed E-state index contributed by atoms with van der Waals surface area (Å²) in [5.74, 6) is -0.719. The van der Waals surface area contributed by atoms with Crippen molar-refractivity contribution in [1.29, 1.82) is 0 Å². The van der Waals surface area contributed by atoms with Crippen LogP contribution in [0.3, 0.4) is 0 Å². The summed E-state index contributed by atoms with van der Waals surface area (Å²) in [6.45, 7) is 13.4. The minimum atomic E-state index is -0.834. The van der Waals surface area contributed by atoms with E-state index in [2.05, 4.69) is 0 Å². The Morgan fingerprint density at radius 3 is 1.58 bits per heavy atom. The summed E-state index contributed by atoms with van der Waals surface area (Å²) in [7, 11) is 0. The van der Waals surface area contributed by atoms with Crippen LogP contribution in [0.4, 0.5) is 0 Å². The monoisotopic (exact) mass is 264 g/mol. The molecule has 1 fully saturated rings. The number of ketones is 1. The normalized spacial score (nSPS) is 23.6. The molecule has 0 radical (unpaired) electrons. The van der Waals surface area contributed by atoms with E-state index in [-0.39, 0.29) is 16.6 Å². The van der Waals surface area contributed by atoms with Gasteiger partial charge in [0, 0.05) is 11.1 Å². The summed E-state index contributed by atoms with van der Waals surface area (Å²) in [5, 5.41) is 0. The Balaban J connectivity index is 2.54. The van der Waals surface area contributed by atoms with Gasteiger partial charge in [0.25, 0.3) is 0 Å². The van der Waals surface area contributed by atoms with E-state index in [0.29, 0.717) is 13.2 Å². The van der Waals surface area contributed by atoms with E-state index < -0.39 is 5.79 Å². The minimum Gasteiger partial charge on any atom is -0.341 e. The molecular formula is C16H24O3. The van der Waals surface area contributed by atoms with Crippen molar-refractivity contribution in [1.82, 2.24) is 0 Å². The molecule has 0 saturated carbocycles. The fourth-order valence-corrected chi connectivity index (χ4v) is 2.45. The summed E-state index contributed by atoms with van der Waals surface area (Å²) in [6, 6.07) is 0. The van der Waals surface area contributed by atoms with Crippen LogP contribution in [0.2, 0.25) is 0 Å². The van der Waals surface area contributed by atoms with Crippen LogP contribution in [0.25, 0.3) is 0 Å². The highest BCUT2D eigenvalue weighted by Gasteiger charge is 2.43. The number of ether oxygens (including phenoxy) is 2. The fourth-order valence-electron chi connectivity index (χ4n) is 2.45. The maximum atomic E-state index is 12.7. The van der Waals surface area contributed by atoms with Gasteiger partial charge in [0.15, 0.2) is 5.78 Å². The molecule has 1 saturated heterocycles. The molecule has 1 heterocycles. The van der Waals surface area contributed by atoms with Crippen LogP contribution in [0.15, 0.2) is 23.3 Å². The number of carbonyl (C=O) groups excluding carboxylic acids is 1. The Bertz CT molecular complexity index is 413. The number of Topliss-reactive ketones (excluding diaryl/α,β-unsaturated/α-hetero) is 1. The Morgan fingerprint density at radius 1 is 0.895 bits per heavy atom. The molecule has 0 aromatic carbocycles. The maximum absolute atomic E-state index is 12.7. The van der Waals surface area contributed by atoms with Gasteiger partial charge in [-0.15, -0.1) is 0 Å². The van der Waals surface area contributed by atoms with Crippen molar-refractivity contribution in [3.63, 3.8) is 0 Å². The number of hydrogen-bond donors (Lipinski definition) is 0. The third-order valence-corrected chi connectivity index (χ3v) is 3.53. The smallest absolute Gasteiger partial charge is 0.209 e. The molecule has 1 aliphatic carbocycles. The molecule has 0 aromatic heterocycles. The van der Waals surface area contributed by atoms with Gasteiger partial charge in [-0.2, -0.15) is 0 Å². The molecule has 3 heteroatoms. The van der Waals surface area contributed by atoms with Crippen LogP contribution in [-0.2, 0) is 14.3 Å². The van der Waals surface area contributed by atoms with Crippen molar-refractivity contribution < 1.29 is 14.3 Å². The van der Waals surface area contributed by atoms with Gasteiger partial charge in [-0.25, -0.2) is 0 Å². The molecular weight excluding hydrogens is 240 g/mol. The van der Waals surface area contributed by atoms with Crippen LogP contribution in [0, 0.1) is 10.8 Å². The first-order valence-corrected chi connectivity index (χ1v) is 6.84. The molecule has 3 nitrogen and oxygen atoms in total. The van der Waals surface area contributed by atoms with E-state index >= 15 is 0 Å². The SMILES string of the molecule is CC(C)(C)C1=CC2(C=C(C(C)(C)C)C1=O)OCCO2. The first-order valence-electron chi connectivity index (χ1n) is 6.84. The fraction of sp³-hybridized carbons (Fsp3) is 0.688. The Kier molecular flexibility index (Phi) is 3.27. The predicted octanol–water partition coefficient (Wildman–Crippen LogP) is 3.26. The molecule has 1 spiro atoms. The number of carbonyl (C=O) groups is 1. The highest BCUT2D eigenvalue weighted by Crippen LogP contribution is 2.42. The molecule has 0 atom stereocenters. The van der Waals surface area contributed by atoms with Crippen molar-refractivity contribution >= 4 is 5.78 Å². The summed E-state index contributed by atoms with van der Waals surface area (Å²) in [4.78, 5) is 12.7. The van der Waals surface area contributed by atoms with Gasteiger partial charge in [-0.05, 0) is 23.0 Å². The zero-order valence-electron chi connectivity index (χ0n) is 12.8. The molecule has 2 aliphatic rings. The standard InChI is InChI=1S/C16H24O3/c1-14(2,3)11-9-16(18-7-8-19-16)10-12(13(11)17)15(4,5)6/h9-10H,7-8H2,1-6H3. The lowest BCUT2D eigenvalue weighted by Crippen LogP contribution is -2.37. The average Bonchev–Trinajstić information content (AvgIpc) is 2.67. The van der Waals surface area contributed by atoms with Gasteiger partial charge in [0.05, 0.1) is 13.2 Å². The Hall–Kier alpha value is -0.930. The first kappa shape index (κ1) is 14.5. The topological polar surface area (TPSA) is 35.5 Å². The summed E-state index contributed by atoms with van der Waals surface area (Å²) in [5.41, 5.74) is 1.12. The molecule has 0 bridgehead atoms. The molecule has 19 heavy (non-hydrogen) atoms. The quantitative estimate of drug-likeness (QED) is 0.673. The summed E-state index contributed by atoms with van der Waals surface area (Å²) >= 11 is 0. The lowest BCUT2D eigenvalue weighted by atomic mass is 9.71. The van der Waals surface area contributed by atoms with Crippen molar-refractivity contribution in [2.24, 2.45) is 10.8 Å². The zero-order valence-corrected chi connectivity index (χ0v) is 12.8. The van der Waals surface area contributed by atoms with Crippen molar-refractivity contribution in [2.45, 2.75) is 47.3 Å². The van der Waals surface area contributed by atoms with Crippen molar-refractivity contribution in [3.05, 3.63) is 23.3 Å². The molecule has 0 aromatic rings. The van der Waals surface area contributed by atoms with Gasteiger partial charge in [0.1, 0.15) is 0 Å². The molecule has 0 unspecified atom stereocenters. The van der Waals surface area contributed by atoms with Gasteiger partial charge < -0.3 is 9.47 Å². The summed E-state index contributed by atoms with van der Waals surface area (Å²) in [6.07, 6.45) is 3.72. The van der Waals surface area contributed by atoms with Gasteiger partial charge in [-0.1, -0.05) is 41.5 Å². The van der Waals surface area contributed by atoms with E-state index in [4.69, 9.17) is 9.47 Å². The summed E-state index contributed by atoms with van der Waals surface area (Å²) < 4.78 is 11.5. The van der Waals surface area contributed by atoms with Crippen LogP contribution >= 0.6 is 0 Å². The molecule has 0 amide bonds. The van der Waals surface area contributed by atoms with Crippen LogP contribution in [0.5, 0.6) is 0 Å². The van der Waals surface area contributed by atoms with Gasteiger partial charge in [0.2, 0.25) is 5.79 Å². The van der Waals surface area contributed by atoms with E-state index in [1.54, 1.807) is 0 Å². The zero-order chi connectivity index (χ0) is 14.5. The molecule has 0 N–H and O–H groups in total. The van der Waals surface area contributed by atoms with Gasteiger partial charge >= 0.3 is 0 Å². The van der Waals surface area contributed by atoms with Crippen molar-refractivity contribution in [2.75, 3.05) is 13.2 Å². The second kappa shape index (κ2) is 4.29. The van der Waals surface area contributed by atoms with E-state index in [1.165, 1.54) is 0 Å². The number of hydrogen-bond acceptors (Lipinski definition) is 3. The van der Waals surface area contributed by atoms with E-state index in [1.807, 2.05) is 53.7 Å². The lowest BCUT2D eigenvalue weighted by Gasteiger charge is -2.36.